The number of ketones is 1. The maximum absolute atomic E-state index is 12.4. The van der Waals surface area contributed by atoms with Crippen LogP contribution >= 0.6 is 0 Å². The summed E-state index contributed by atoms with van der Waals surface area (Å²) in [5.41, 5.74) is 6.46. The highest BCUT2D eigenvalue weighted by Crippen LogP contribution is 2.27. The molecule has 2 N–H and O–H groups in total. The highest BCUT2D eigenvalue weighted by atomic mass is 19.4. The molecule has 0 amide bonds. The third kappa shape index (κ3) is 5.22. The number of hydrazine groups is 1. The standard InChI is InChI=1S/C17H14F3N3O2/c1-11-6-8-12(9-7-11)22-23-14(10-21)16(24)13-4-2-3-5-15(13)25-17(18,19)20/h2-9,14,22-23H,1H3. The smallest absolute Gasteiger partial charge is 0.405 e. The molecule has 2 rings (SSSR count). The summed E-state index contributed by atoms with van der Waals surface area (Å²) in [5.74, 6) is -1.50. The van der Waals surface area contributed by atoms with Gasteiger partial charge in [-0.25, -0.2) is 5.43 Å². The molecule has 25 heavy (non-hydrogen) atoms. The summed E-state index contributed by atoms with van der Waals surface area (Å²) in [7, 11) is 0. The van der Waals surface area contributed by atoms with Gasteiger partial charge in [-0.1, -0.05) is 29.8 Å². The number of Topliss-reactive ketones (excluding diaryl/α,β-unsaturated/α-hetero) is 1. The summed E-state index contributed by atoms with van der Waals surface area (Å²) < 4.78 is 41.2. The Balaban J connectivity index is 2.14. The predicted octanol–water partition coefficient (Wildman–Crippen LogP) is 3.59. The van der Waals surface area contributed by atoms with Gasteiger partial charge in [0.15, 0.2) is 11.8 Å². The molecule has 2 aromatic carbocycles. The largest absolute Gasteiger partial charge is 0.573 e. The first-order valence-electron chi connectivity index (χ1n) is 7.17. The number of anilines is 1. The summed E-state index contributed by atoms with van der Waals surface area (Å²) in [6.45, 7) is 1.90. The highest BCUT2D eigenvalue weighted by Gasteiger charge is 2.33. The quantitative estimate of drug-likeness (QED) is 0.616. The van der Waals surface area contributed by atoms with Crippen molar-refractivity contribution >= 4 is 11.5 Å². The number of benzene rings is 2. The van der Waals surface area contributed by atoms with Crippen LogP contribution in [0, 0.1) is 18.3 Å². The van der Waals surface area contributed by atoms with E-state index in [0.717, 1.165) is 11.6 Å². The van der Waals surface area contributed by atoms with Gasteiger partial charge < -0.3 is 10.2 Å². The number of carbonyl (C=O) groups is 1. The summed E-state index contributed by atoms with van der Waals surface area (Å²) in [6.07, 6.45) is -4.94. The number of nitrogens with one attached hydrogen (secondary N) is 2. The number of hydrogen-bond donors (Lipinski definition) is 2. The molecule has 0 bridgehead atoms. The van der Waals surface area contributed by atoms with Crippen LogP contribution in [0.3, 0.4) is 0 Å². The molecule has 0 saturated heterocycles. The van der Waals surface area contributed by atoms with Crippen molar-refractivity contribution in [2.24, 2.45) is 0 Å². The molecule has 0 radical (unpaired) electrons. The molecule has 8 heteroatoms. The molecule has 5 nitrogen and oxygen atoms in total. The fourth-order valence-corrected chi connectivity index (χ4v) is 1.99. The second-order valence-electron chi connectivity index (χ2n) is 5.11. The van der Waals surface area contributed by atoms with Gasteiger partial charge in [0.1, 0.15) is 5.75 Å². The Kier molecular flexibility index (Phi) is 5.62. The van der Waals surface area contributed by atoms with Gasteiger partial charge in [-0.3, -0.25) is 4.79 Å². The maximum atomic E-state index is 12.4. The van der Waals surface area contributed by atoms with E-state index in [1.54, 1.807) is 18.2 Å². The van der Waals surface area contributed by atoms with E-state index in [9.17, 15) is 18.0 Å². The van der Waals surface area contributed by atoms with Gasteiger partial charge in [0.05, 0.1) is 11.6 Å². The number of nitrogens with zero attached hydrogens (tertiary/aromatic N) is 1. The summed E-state index contributed by atoms with van der Waals surface area (Å²) in [4.78, 5) is 12.4. The fraction of sp³-hybridized carbons (Fsp3) is 0.176. The van der Waals surface area contributed by atoms with Crippen LogP contribution in [-0.4, -0.2) is 18.2 Å². The summed E-state index contributed by atoms with van der Waals surface area (Å²) >= 11 is 0. The first-order chi connectivity index (χ1) is 11.8. The molecular formula is C17H14F3N3O2. The van der Waals surface area contributed by atoms with Crippen molar-refractivity contribution in [3.8, 4) is 11.8 Å². The SMILES string of the molecule is Cc1ccc(NNC(C#N)C(=O)c2ccccc2OC(F)(F)F)cc1. The Morgan fingerprint density at radius 2 is 1.80 bits per heavy atom. The minimum Gasteiger partial charge on any atom is -0.405 e. The molecular weight excluding hydrogens is 335 g/mol. The molecule has 0 aliphatic heterocycles. The lowest BCUT2D eigenvalue weighted by molar-refractivity contribution is -0.274. The first kappa shape index (κ1) is 18.3. The molecule has 0 saturated carbocycles. The van der Waals surface area contributed by atoms with Crippen LogP contribution < -0.4 is 15.6 Å². The Bertz CT molecular complexity index is 783. The van der Waals surface area contributed by atoms with Gasteiger partial charge in [0, 0.05) is 5.69 Å². The van der Waals surface area contributed by atoms with E-state index in [2.05, 4.69) is 15.6 Å². The minimum absolute atomic E-state index is 0.343. The van der Waals surface area contributed by atoms with E-state index in [-0.39, 0.29) is 5.56 Å². The van der Waals surface area contributed by atoms with E-state index < -0.39 is 23.9 Å². The van der Waals surface area contributed by atoms with Gasteiger partial charge >= 0.3 is 6.36 Å². The Morgan fingerprint density at radius 1 is 1.16 bits per heavy atom. The zero-order chi connectivity index (χ0) is 18.4. The molecule has 0 aromatic heterocycles. The second kappa shape index (κ2) is 7.68. The van der Waals surface area contributed by atoms with E-state index in [1.807, 2.05) is 19.1 Å². The van der Waals surface area contributed by atoms with Crippen LogP contribution in [0.25, 0.3) is 0 Å². The average Bonchev–Trinajstić information content (AvgIpc) is 2.56. The number of halogens is 3. The molecule has 1 unspecified atom stereocenters. The fourth-order valence-electron chi connectivity index (χ4n) is 1.99. The number of hydrogen-bond acceptors (Lipinski definition) is 5. The van der Waals surface area contributed by atoms with Crippen LogP contribution in [0.4, 0.5) is 18.9 Å². The van der Waals surface area contributed by atoms with Crippen LogP contribution in [-0.2, 0) is 0 Å². The van der Waals surface area contributed by atoms with Crippen molar-refractivity contribution in [3.05, 3.63) is 59.7 Å². The van der Waals surface area contributed by atoms with Crippen molar-refractivity contribution < 1.29 is 22.7 Å². The first-order valence-corrected chi connectivity index (χ1v) is 7.17. The Labute approximate surface area is 142 Å². The van der Waals surface area contributed by atoms with Crippen molar-refractivity contribution in [2.45, 2.75) is 19.3 Å². The molecule has 0 heterocycles. The molecule has 0 aliphatic carbocycles. The third-order valence-electron chi connectivity index (χ3n) is 3.18. The van der Waals surface area contributed by atoms with E-state index in [1.165, 1.54) is 18.2 Å². The number of alkyl halides is 3. The van der Waals surface area contributed by atoms with E-state index >= 15 is 0 Å². The Hall–Kier alpha value is -3.05. The highest BCUT2D eigenvalue weighted by molar-refractivity contribution is 6.04. The van der Waals surface area contributed by atoms with Gasteiger partial charge in [-0.15, -0.1) is 13.2 Å². The van der Waals surface area contributed by atoms with Crippen LogP contribution in [0.2, 0.25) is 0 Å². The molecule has 0 aliphatic rings. The van der Waals surface area contributed by atoms with Crippen molar-refractivity contribution in [3.63, 3.8) is 0 Å². The van der Waals surface area contributed by atoms with Crippen LogP contribution in [0.15, 0.2) is 48.5 Å². The van der Waals surface area contributed by atoms with Gasteiger partial charge in [0.25, 0.3) is 0 Å². The average molecular weight is 349 g/mol. The molecule has 0 fully saturated rings. The Morgan fingerprint density at radius 3 is 2.40 bits per heavy atom. The van der Waals surface area contributed by atoms with Crippen molar-refractivity contribution in [1.29, 1.82) is 5.26 Å². The van der Waals surface area contributed by atoms with Gasteiger partial charge in [-0.2, -0.15) is 5.26 Å². The summed E-state index contributed by atoms with van der Waals surface area (Å²) in [6, 6.07) is 12.3. The van der Waals surface area contributed by atoms with Gasteiger partial charge in [0.2, 0.25) is 0 Å². The zero-order valence-electron chi connectivity index (χ0n) is 13.1. The number of nitriles is 1. The van der Waals surface area contributed by atoms with Crippen LogP contribution in [0.5, 0.6) is 5.75 Å². The van der Waals surface area contributed by atoms with E-state index in [0.29, 0.717) is 5.69 Å². The number of aryl methyl sites for hydroxylation is 1. The van der Waals surface area contributed by atoms with E-state index in [4.69, 9.17) is 5.26 Å². The molecule has 130 valence electrons. The number of rotatable bonds is 6. The van der Waals surface area contributed by atoms with Crippen LogP contribution in [0.1, 0.15) is 15.9 Å². The molecule has 1 atom stereocenters. The number of ether oxygens (including phenoxy) is 1. The lowest BCUT2D eigenvalue weighted by Gasteiger charge is -2.16. The maximum Gasteiger partial charge on any atom is 0.573 e. The molecule has 0 spiro atoms. The second-order valence-corrected chi connectivity index (χ2v) is 5.11. The third-order valence-corrected chi connectivity index (χ3v) is 3.18. The monoisotopic (exact) mass is 349 g/mol. The zero-order valence-corrected chi connectivity index (χ0v) is 13.1. The van der Waals surface area contributed by atoms with Crippen molar-refractivity contribution in [1.82, 2.24) is 5.43 Å². The predicted molar refractivity (Wildman–Crippen MR) is 84.8 cm³/mol. The lowest BCUT2D eigenvalue weighted by Crippen LogP contribution is -2.39. The molecule has 2 aromatic rings. The number of para-hydroxylation sites is 1. The normalized spacial score (nSPS) is 12.1. The number of carbonyl (C=O) groups excluding carboxylic acids is 1. The van der Waals surface area contributed by atoms with Crippen molar-refractivity contribution in [2.75, 3.05) is 5.43 Å². The minimum atomic E-state index is -4.94. The summed E-state index contributed by atoms with van der Waals surface area (Å²) in [5, 5.41) is 9.17. The lowest BCUT2D eigenvalue weighted by atomic mass is 10.0. The van der Waals surface area contributed by atoms with Gasteiger partial charge in [-0.05, 0) is 31.2 Å². The topological polar surface area (TPSA) is 74.1 Å².